The summed E-state index contributed by atoms with van der Waals surface area (Å²) in [5.74, 6) is -0.694. The predicted molar refractivity (Wildman–Crippen MR) is 113 cm³/mol. The molecular weight excluding hydrogens is 552 g/mol. The van der Waals surface area contributed by atoms with Gasteiger partial charge < -0.3 is 0 Å². The van der Waals surface area contributed by atoms with Gasteiger partial charge in [0.2, 0.25) is 0 Å². The van der Waals surface area contributed by atoms with Crippen LogP contribution in [0.1, 0.15) is 11.1 Å². The number of carbonyl (C=O) groups excluding carboxylic acids is 1. The molecule has 0 aliphatic carbocycles. The molecule has 0 saturated carbocycles. The third-order valence-corrected chi connectivity index (χ3v) is 5.27. The Hall–Kier alpha value is -1.20. The van der Waals surface area contributed by atoms with E-state index in [0.29, 0.717) is 0 Å². The molecule has 2 aromatic carbocycles. The van der Waals surface area contributed by atoms with Crippen molar-refractivity contribution < 1.29 is 13.2 Å². The van der Waals surface area contributed by atoms with Crippen molar-refractivity contribution in [1.29, 1.82) is 0 Å². The van der Waals surface area contributed by atoms with E-state index in [1.54, 1.807) is 18.2 Å². The standard InChI is InChI=1S/C17H13I2NO3S/c18-15-6-1-13(2-7-15)5-10-17(21)20-24(22,23)12-11-14-3-8-16(19)9-4-14/h1-12H,(H,20,21)/b10-5+,12-11+. The molecule has 0 aromatic heterocycles. The van der Waals surface area contributed by atoms with Crippen molar-refractivity contribution >= 4 is 73.3 Å². The van der Waals surface area contributed by atoms with Gasteiger partial charge >= 0.3 is 0 Å². The number of nitrogens with one attached hydrogen (secondary N) is 1. The highest BCUT2D eigenvalue weighted by molar-refractivity contribution is 14.1. The first kappa shape index (κ1) is 19.1. The molecule has 0 unspecified atom stereocenters. The van der Waals surface area contributed by atoms with Crippen LogP contribution in [0.15, 0.2) is 60.0 Å². The monoisotopic (exact) mass is 565 g/mol. The summed E-state index contributed by atoms with van der Waals surface area (Å²) in [6.07, 6.45) is 4.19. The second-order valence-electron chi connectivity index (χ2n) is 4.75. The number of amides is 1. The lowest BCUT2D eigenvalue weighted by molar-refractivity contribution is -0.114. The van der Waals surface area contributed by atoms with Gasteiger partial charge in [-0.15, -0.1) is 0 Å². The third kappa shape index (κ3) is 6.73. The lowest BCUT2D eigenvalue weighted by atomic mass is 10.2. The maximum Gasteiger partial charge on any atom is 0.257 e. The van der Waals surface area contributed by atoms with Gasteiger partial charge in [0, 0.05) is 13.2 Å². The molecule has 0 aliphatic rings. The van der Waals surface area contributed by atoms with Crippen molar-refractivity contribution in [1.82, 2.24) is 4.72 Å². The third-order valence-electron chi connectivity index (χ3n) is 2.85. The zero-order valence-electron chi connectivity index (χ0n) is 12.3. The first-order valence-electron chi connectivity index (χ1n) is 6.78. The van der Waals surface area contributed by atoms with E-state index in [2.05, 4.69) is 45.2 Å². The molecule has 0 bridgehead atoms. The summed E-state index contributed by atoms with van der Waals surface area (Å²) in [6, 6.07) is 14.8. The van der Waals surface area contributed by atoms with Crippen molar-refractivity contribution in [2.45, 2.75) is 0 Å². The molecule has 0 heterocycles. The number of sulfonamides is 1. The van der Waals surface area contributed by atoms with E-state index < -0.39 is 15.9 Å². The minimum absolute atomic E-state index is 0.694. The Balaban J connectivity index is 1.98. The van der Waals surface area contributed by atoms with Gasteiger partial charge in [-0.25, -0.2) is 13.1 Å². The fraction of sp³-hybridized carbons (Fsp3) is 0. The summed E-state index contributed by atoms with van der Waals surface area (Å²) in [5, 5.41) is 0.978. The van der Waals surface area contributed by atoms with Gasteiger partial charge in [-0.3, -0.25) is 4.79 Å². The average molecular weight is 565 g/mol. The summed E-state index contributed by atoms with van der Waals surface area (Å²) < 4.78 is 27.9. The van der Waals surface area contributed by atoms with Crippen LogP contribution in [0.5, 0.6) is 0 Å². The molecule has 124 valence electrons. The predicted octanol–water partition coefficient (Wildman–Crippen LogP) is 4.03. The summed E-state index contributed by atoms with van der Waals surface area (Å²) in [6.45, 7) is 0. The summed E-state index contributed by atoms with van der Waals surface area (Å²) in [4.78, 5) is 11.7. The molecule has 1 N–H and O–H groups in total. The molecule has 0 aliphatic heterocycles. The fourth-order valence-electron chi connectivity index (χ4n) is 1.70. The van der Waals surface area contributed by atoms with Crippen LogP contribution in [-0.2, 0) is 14.8 Å². The molecule has 2 aromatic rings. The van der Waals surface area contributed by atoms with Crippen molar-refractivity contribution in [3.05, 3.63) is 78.3 Å². The van der Waals surface area contributed by atoms with Gasteiger partial charge in [0.25, 0.3) is 15.9 Å². The number of carbonyl (C=O) groups is 1. The van der Waals surface area contributed by atoms with Gasteiger partial charge in [-0.05, 0) is 92.7 Å². The zero-order chi connectivity index (χ0) is 17.6. The Bertz CT molecular complexity index is 871. The molecule has 0 fully saturated rings. The molecule has 0 radical (unpaired) electrons. The quantitative estimate of drug-likeness (QED) is 0.441. The molecule has 0 saturated heterocycles. The molecule has 7 heteroatoms. The number of hydrogen-bond acceptors (Lipinski definition) is 3. The highest BCUT2D eigenvalue weighted by atomic mass is 127. The molecule has 0 atom stereocenters. The van der Waals surface area contributed by atoms with Crippen LogP contribution in [0, 0.1) is 7.14 Å². The minimum Gasteiger partial charge on any atom is -0.269 e. The zero-order valence-corrected chi connectivity index (χ0v) is 17.4. The molecule has 4 nitrogen and oxygen atoms in total. The number of halogens is 2. The second kappa shape index (κ2) is 8.77. The van der Waals surface area contributed by atoms with Gasteiger partial charge in [-0.1, -0.05) is 24.3 Å². The van der Waals surface area contributed by atoms with E-state index in [9.17, 15) is 13.2 Å². The smallest absolute Gasteiger partial charge is 0.257 e. The number of rotatable bonds is 5. The first-order valence-corrected chi connectivity index (χ1v) is 10.5. The average Bonchev–Trinajstić information content (AvgIpc) is 2.53. The highest BCUT2D eigenvalue weighted by Gasteiger charge is 2.08. The van der Waals surface area contributed by atoms with E-state index >= 15 is 0 Å². The van der Waals surface area contributed by atoms with E-state index in [-0.39, 0.29) is 0 Å². The topological polar surface area (TPSA) is 63.2 Å². The van der Waals surface area contributed by atoms with E-state index in [1.165, 1.54) is 12.2 Å². The lowest BCUT2D eigenvalue weighted by Gasteiger charge is -2.00. The van der Waals surface area contributed by atoms with E-state index in [1.807, 2.05) is 41.1 Å². The maximum atomic E-state index is 11.9. The number of hydrogen-bond donors (Lipinski definition) is 1. The Labute approximate surface area is 168 Å². The Morgan fingerprint density at radius 2 is 1.29 bits per heavy atom. The van der Waals surface area contributed by atoms with E-state index in [4.69, 9.17) is 0 Å². The summed E-state index contributed by atoms with van der Waals surface area (Å²) in [5.41, 5.74) is 1.56. The normalized spacial score (nSPS) is 11.9. The minimum atomic E-state index is -3.83. The molecule has 2 rings (SSSR count). The first-order chi connectivity index (χ1) is 11.3. The number of benzene rings is 2. The van der Waals surface area contributed by atoms with Crippen molar-refractivity contribution in [2.75, 3.05) is 0 Å². The van der Waals surface area contributed by atoms with Crippen LogP contribution in [0.3, 0.4) is 0 Å². The molecule has 1 amide bonds. The SMILES string of the molecule is O=C(/C=C/c1ccc(I)cc1)NS(=O)(=O)/C=C/c1ccc(I)cc1. The second-order valence-corrected chi connectivity index (χ2v) is 8.81. The van der Waals surface area contributed by atoms with Crippen LogP contribution in [-0.4, -0.2) is 14.3 Å². The summed E-state index contributed by atoms with van der Waals surface area (Å²) in [7, 11) is -3.83. The molecular formula is C17H13I2NO3S. The van der Waals surface area contributed by atoms with Crippen molar-refractivity contribution in [2.24, 2.45) is 0 Å². The van der Waals surface area contributed by atoms with Gasteiger partial charge in [0.15, 0.2) is 0 Å². The van der Waals surface area contributed by atoms with Crippen LogP contribution in [0.4, 0.5) is 0 Å². The summed E-state index contributed by atoms with van der Waals surface area (Å²) >= 11 is 4.35. The van der Waals surface area contributed by atoms with Gasteiger partial charge in [0.05, 0.1) is 5.41 Å². The Morgan fingerprint density at radius 1 is 0.833 bits per heavy atom. The van der Waals surface area contributed by atoms with Gasteiger partial charge in [-0.2, -0.15) is 0 Å². The van der Waals surface area contributed by atoms with Gasteiger partial charge in [0.1, 0.15) is 0 Å². The molecule has 0 spiro atoms. The Kier molecular flexibility index (Phi) is 6.99. The highest BCUT2D eigenvalue weighted by Crippen LogP contribution is 2.09. The van der Waals surface area contributed by atoms with Crippen LogP contribution in [0.25, 0.3) is 12.2 Å². The Morgan fingerprint density at radius 3 is 1.79 bits per heavy atom. The van der Waals surface area contributed by atoms with Crippen molar-refractivity contribution in [3.63, 3.8) is 0 Å². The largest absolute Gasteiger partial charge is 0.269 e. The lowest BCUT2D eigenvalue weighted by Crippen LogP contribution is -2.26. The fourth-order valence-corrected chi connectivity index (χ4v) is 3.17. The molecule has 24 heavy (non-hydrogen) atoms. The van der Waals surface area contributed by atoms with Crippen LogP contribution in [0.2, 0.25) is 0 Å². The van der Waals surface area contributed by atoms with E-state index in [0.717, 1.165) is 23.7 Å². The van der Waals surface area contributed by atoms with Crippen LogP contribution >= 0.6 is 45.2 Å². The maximum absolute atomic E-state index is 11.9. The van der Waals surface area contributed by atoms with Crippen LogP contribution < -0.4 is 4.72 Å². The van der Waals surface area contributed by atoms with Crippen molar-refractivity contribution in [3.8, 4) is 0 Å².